The van der Waals surface area contributed by atoms with Crippen LogP contribution in [0.25, 0.3) is 10.2 Å². The van der Waals surface area contributed by atoms with E-state index in [-0.39, 0.29) is 16.1 Å². The number of methoxy groups -OCH3 is 1. The maximum Gasteiger partial charge on any atom is 0.451 e. The van der Waals surface area contributed by atoms with Gasteiger partial charge < -0.3 is 4.74 Å². The molecule has 9 heteroatoms. The molecule has 0 amide bonds. The zero-order valence-electron chi connectivity index (χ0n) is 11.0. The first-order valence-corrected chi connectivity index (χ1v) is 7.60. The van der Waals surface area contributed by atoms with Crippen molar-refractivity contribution in [1.29, 1.82) is 0 Å². The van der Waals surface area contributed by atoms with Gasteiger partial charge in [-0.1, -0.05) is 11.3 Å². The van der Waals surface area contributed by atoms with E-state index in [0.717, 1.165) is 22.7 Å². The number of rotatable bonds is 3. The Balaban J connectivity index is 2.16. The van der Waals surface area contributed by atoms with Crippen LogP contribution in [0.15, 0.2) is 23.6 Å². The number of alkyl halides is 3. The lowest BCUT2D eigenvalue weighted by atomic mass is 10.2. The molecule has 0 aromatic carbocycles. The van der Waals surface area contributed by atoms with Gasteiger partial charge in [0.25, 0.3) is 0 Å². The second-order valence-electron chi connectivity index (χ2n) is 4.18. The van der Waals surface area contributed by atoms with Gasteiger partial charge in [-0.25, -0.2) is 9.97 Å². The average Bonchev–Trinajstić information content (AvgIpc) is 3.12. The highest BCUT2D eigenvalue weighted by Crippen LogP contribution is 2.33. The van der Waals surface area contributed by atoms with Crippen LogP contribution in [0.2, 0.25) is 0 Å². The fourth-order valence-electron chi connectivity index (χ4n) is 1.81. The Kier molecular flexibility index (Phi) is 3.61. The van der Waals surface area contributed by atoms with E-state index in [0.29, 0.717) is 9.76 Å². The molecule has 3 heterocycles. The average molecular weight is 344 g/mol. The van der Waals surface area contributed by atoms with Crippen molar-refractivity contribution in [3.63, 3.8) is 0 Å². The first-order chi connectivity index (χ1) is 10.4. The van der Waals surface area contributed by atoms with Gasteiger partial charge in [-0.2, -0.15) is 13.2 Å². The molecule has 0 aliphatic rings. The summed E-state index contributed by atoms with van der Waals surface area (Å²) in [6, 6.07) is 4.51. The van der Waals surface area contributed by atoms with Gasteiger partial charge in [-0.05, 0) is 23.6 Å². The summed E-state index contributed by atoms with van der Waals surface area (Å²) in [6.07, 6.45) is -4.71. The van der Waals surface area contributed by atoms with Crippen LogP contribution in [0, 0.1) is 0 Å². The number of fused-ring (bicyclic) bond motifs is 1. The third-order valence-corrected chi connectivity index (χ3v) is 4.73. The van der Waals surface area contributed by atoms with Gasteiger partial charge in [0.05, 0.1) is 22.2 Å². The SMILES string of the molecule is COc1ccc(C(=O)c2nc(C(F)(F)F)nc3ccsc23)s1. The Labute approximate surface area is 130 Å². The quantitative estimate of drug-likeness (QED) is 0.674. The summed E-state index contributed by atoms with van der Waals surface area (Å²) >= 11 is 2.18. The van der Waals surface area contributed by atoms with Crippen LogP contribution in [-0.2, 0) is 6.18 Å². The molecule has 0 aliphatic heterocycles. The van der Waals surface area contributed by atoms with Gasteiger partial charge in [0.2, 0.25) is 11.6 Å². The number of ketones is 1. The molecule has 3 aromatic rings. The van der Waals surface area contributed by atoms with E-state index in [1.807, 2.05) is 0 Å². The molecule has 0 unspecified atom stereocenters. The fourth-order valence-corrected chi connectivity index (χ4v) is 3.39. The number of carbonyl (C=O) groups excluding carboxylic acids is 1. The molecule has 0 N–H and O–H groups in total. The molecule has 0 saturated carbocycles. The predicted molar refractivity (Wildman–Crippen MR) is 76.7 cm³/mol. The number of halogens is 3. The minimum atomic E-state index is -4.71. The monoisotopic (exact) mass is 344 g/mol. The van der Waals surface area contributed by atoms with E-state index in [4.69, 9.17) is 4.74 Å². The molecule has 0 bridgehead atoms. The third-order valence-electron chi connectivity index (χ3n) is 2.78. The maximum atomic E-state index is 12.9. The lowest BCUT2D eigenvalue weighted by Crippen LogP contribution is -2.14. The number of nitrogens with zero attached hydrogens (tertiary/aromatic N) is 2. The summed E-state index contributed by atoms with van der Waals surface area (Å²) in [5.41, 5.74) is -0.129. The van der Waals surface area contributed by atoms with Crippen LogP contribution in [0.3, 0.4) is 0 Å². The van der Waals surface area contributed by atoms with Crippen molar-refractivity contribution in [2.24, 2.45) is 0 Å². The van der Waals surface area contributed by atoms with Crippen LogP contribution < -0.4 is 4.74 Å². The Hall–Kier alpha value is -2.00. The molecule has 114 valence electrons. The van der Waals surface area contributed by atoms with Crippen LogP contribution >= 0.6 is 22.7 Å². The van der Waals surface area contributed by atoms with E-state index in [2.05, 4.69) is 9.97 Å². The van der Waals surface area contributed by atoms with Gasteiger partial charge in [-0.15, -0.1) is 11.3 Å². The normalized spacial score (nSPS) is 11.8. The molecule has 0 aliphatic carbocycles. The number of thiophene rings is 2. The van der Waals surface area contributed by atoms with Crippen molar-refractivity contribution < 1.29 is 22.7 Å². The first kappa shape index (κ1) is 14.9. The Morgan fingerprint density at radius 1 is 1.23 bits per heavy atom. The third kappa shape index (κ3) is 2.57. The van der Waals surface area contributed by atoms with E-state index >= 15 is 0 Å². The van der Waals surface area contributed by atoms with Crippen LogP contribution in [0.1, 0.15) is 21.2 Å². The Bertz CT molecular complexity index is 854. The summed E-state index contributed by atoms with van der Waals surface area (Å²) in [6.45, 7) is 0. The lowest BCUT2D eigenvalue weighted by Gasteiger charge is -2.07. The van der Waals surface area contributed by atoms with E-state index in [1.54, 1.807) is 11.4 Å². The van der Waals surface area contributed by atoms with Crippen LogP contribution in [0.5, 0.6) is 5.06 Å². The van der Waals surface area contributed by atoms with Crippen molar-refractivity contribution in [2.75, 3.05) is 7.11 Å². The van der Waals surface area contributed by atoms with Gasteiger partial charge >= 0.3 is 6.18 Å². The second kappa shape index (κ2) is 5.33. The summed E-state index contributed by atoms with van der Waals surface area (Å²) < 4.78 is 44.0. The van der Waals surface area contributed by atoms with Crippen molar-refractivity contribution >= 4 is 38.7 Å². The molecule has 0 saturated heterocycles. The topological polar surface area (TPSA) is 52.1 Å². The summed E-state index contributed by atoms with van der Waals surface area (Å²) in [5.74, 6) is -1.89. The number of hydrogen-bond acceptors (Lipinski definition) is 6. The molecule has 0 atom stereocenters. The Morgan fingerprint density at radius 3 is 2.64 bits per heavy atom. The molecule has 4 nitrogen and oxygen atoms in total. The number of ether oxygens (including phenoxy) is 1. The predicted octanol–water partition coefficient (Wildman–Crippen LogP) is 4.01. The van der Waals surface area contributed by atoms with Crippen molar-refractivity contribution in [3.8, 4) is 5.06 Å². The molecule has 0 spiro atoms. The number of carbonyl (C=O) groups is 1. The van der Waals surface area contributed by atoms with Gasteiger partial charge in [0, 0.05) is 0 Å². The zero-order chi connectivity index (χ0) is 15.9. The minimum Gasteiger partial charge on any atom is -0.487 e. The molecule has 0 fully saturated rings. The summed E-state index contributed by atoms with van der Waals surface area (Å²) in [5, 5.41) is 2.07. The van der Waals surface area contributed by atoms with Crippen molar-refractivity contribution in [1.82, 2.24) is 9.97 Å². The highest BCUT2D eigenvalue weighted by Gasteiger charge is 2.36. The van der Waals surface area contributed by atoms with E-state index in [9.17, 15) is 18.0 Å². The highest BCUT2D eigenvalue weighted by atomic mass is 32.1. The van der Waals surface area contributed by atoms with Crippen LogP contribution in [-0.4, -0.2) is 22.9 Å². The van der Waals surface area contributed by atoms with Crippen molar-refractivity contribution in [3.05, 3.63) is 40.0 Å². The largest absolute Gasteiger partial charge is 0.487 e. The van der Waals surface area contributed by atoms with E-state index in [1.165, 1.54) is 19.2 Å². The van der Waals surface area contributed by atoms with Crippen LogP contribution in [0.4, 0.5) is 13.2 Å². The number of hydrogen-bond donors (Lipinski definition) is 0. The van der Waals surface area contributed by atoms with Gasteiger partial charge in [0.1, 0.15) is 5.69 Å². The molecule has 3 rings (SSSR count). The first-order valence-electron chi connectivity index (χ1n) is 5.91. The molecule has 0 radical (unpaired) electrons. The Morgan fingerprint density at radius 2 is 2.00 bits per heavy atom. The van der Waals surface area contributed by atoms with Gasteiger partial charge in [-0.3, -0.25) is 4.79 Å². The van der Waals surface area contributed by atoms with Crippen molar-refractivity contribution in [2.45, 2.75) is 6.18 Å². The minimum absolute atomic E-state index is 0.110. The fraction of sp³-hybridized carbons (Fsp3) is 0.154. The van der Waals surface area contributed by atoms with E-state index < -0.39 is 17.8 Å². The maximum absolute atomic E-state index is 12.9. The summed E-state index contributed by atoms with van der Waals surface area (Å²) in [7, 11) is 1.45. The molecule has 3 aromatic heterocycles. The smallest absolute Gasteiger partial charge is 0.451 e. The van der Waals surface area contributed by atoms with Gasteiger partial charge in [0.15, 0.2) is 5.06 Å². The highest BCUT2D eigenvalue weighted by molar-refractivity contribution is 7.18. The zero-order valence-corrected chi connectivity index (χ0v) is 12.6. The standard InChI is InChI=1S/C13H7F3N2O2S2/c1-20-8-3-2-7(22-8)10(19)9-11-6(4-5-21-11)17-12(18-9)13(14,15)16/h2-5H,1H3. The number of aromatic nitrogens is 2. The molecular weight excluding hydrogens is 337 g/mol. The summed E-state index contributed by atoms with van der Waals surface area (Å²) in [4.78, 5) is 19.6. The molecular formula is C13H7F3N2O2S2. The lowest BCUT2D eigenvalue weighted by molar-refractivity contribution is -0.144. The second-order valence-corrected chi connectivity index (χ2v) is 6.14. The molecule has 22 heavy (non-hydrogen) atoms.